The standard InChI is InChI=1S/C12H15NO2.C2H6/c1-2-3-8-13-10-6-4-5-7-11(10)15-9-12(13)14;1-2/h4-7H,2-3,8-9H2,1H3;1-2H3. The van der Waals surface area contributed by atoms with E-state index in [1.165, 1.54) is 0 Å². The van der Waals surface area contributed by atoms with Gasteiger partial charge >= 0.3 is 0 Å². The molecule has 1 aliphatic rings. The van der Waals surface area contributed by atoms with E-state index in [1.54, 1.807) is 0 Å². The number of nitrogens with zero attached hydrogens (tertiary/aromatic N) is 1. The molecule has 1 aromatic carbocycles. The van der Waals surface area contributed by atoms with Crippen LogP contribution in [0.2, 0.25) is 0 Å². The SMILES string of the molecule is CC.CCCCN1C(=O)COc2ccccc21. The molecule has 94 valence electrons. The van der Waals surface area contributed by atoms with Crippen molar-refractivity contribution in [2.45, 2.75) is 33.6 Å². The Morgan fingerprint density at radius 1 is 1.29 bits per heavy atom. The molecule has 0 radical (unpaired) electrons. The van der Waals surface area contributed by atoms with Gasteiger partial charge in [-0.05, 0) is 18.6 Å². The monoisotopic (exact) mass is 235 g/mol. The van der Waals surface area contributed by atoms with Crippen LogP contribution < -0.4 is 9.64 Å². The van der Waals surface area contributed by atoms with Gasteiger partial charge in [0.25, 0.3) is 5.91 Å². The van der Waals surface area contributed by atoms with Crippen LogP contribution in [0.25, 0.3) is 0 Å². The van der Waals surface area contributed by atoms with Crippen molar-refractivity contribution in [3.05, 3.63) is 24.3 Å². The van der Waals surface area contributed by atoms with Gasteiger partial charge in [-0.1, -0.05) is 39.3 Å². The zero-order valence-electron chi connectivity index (χ0n) is 10.9. The predicted octanol–water partition coefficient (Wildman–Crippen LogP) is 3.24. The summed E-state index contributed by atoms with van der Waals surface area (Å²) in [5, 5.41) is 0. The molecule has 0 unspecified atom stereocenters. The Kier molecular flexibility index (Phi) is 5.53. The van der Waals surface area contributed by atoms with Crippen LogP contribution in [0.4, 0.5) is 5.69 Å². The molecule has 0 saturated carbocycles. The first-order valence-corrected chi connectivity index (χ1v) is 6.35. The number of hydrogen-bond acceptors (Lipinski definition) is 2. The van der Waals surface area contributed by atoms with Crippen molar-refractivity contribution < 1.29 is 9.53 Å². The van der Waals surface area contributed by atoms with Gasteiger partial charge in [-0.15, -0.1) is 0 Å². The third-order valence-electron chi connectivity index (χ3n) is 2.54. The quantitative estimate of drug-likeness (QED) is 0.805. The molecule has 1 heterocycles. The van der Waals surface area contributed by atoms with Crippen molar-refractivity contribution in [1.82, 2.24) is 0 Å². The maximum Gasteiger partial charge on any atom is 0.265 e. The summed E-state index contributed by atoms with van der Waals surface area (Å²) in [6.07, 6.45) is 2.12. The molecule has 0 aliphatic carbocycles. The summed E-state index contributed by atoms with van der Waals surface area (Å²) in [5.41, 5.74) is 0.905. The first kappa shape index (κ1) is 13.6. The average molecular weight is 235 g/mol. The Bertz CT molecular complexity index is 363. The van der Waals surface area contributed by atoms with Crippen LogP contribution in [0.1, 0.15) is 33.6 Å². The molecule has 0 spiro atoms. The van der Waals surface area contributed by atoms with E-state index in [9.17, 15) is 4.79 Å². The lowest BCUT2D eigenvalue weighted by atomic mass is 10.2. The predicted molar refractivity (Wildman–Crippen MR) is 70.5 cm³/mol. The van der Waals surface area contributed by atoms with Crippen molar-refractivity contribution in [3.8, 4) is 5.75 Å². The van der Waals surface area contributed by atoms with E-state index in [2.05, 4.69) is 6.92 Å². The van der Waals surface area contributed by atoms with Crippen LogP contribution in [0.5, 0.6) is 5.75 Å². The highest BCUT2D eigenvalue weighted by molar-refractivity contribution is 5.97. The van der Waals surface area contributed by atoms with Gasteiger partial charge in [-0.25, -0.2) is 0 Å². The van der Waals surface area contributed by atoms with Crippen molar-refractivity contribution >= 4 is 11.6 Å². The number of para-hydroxylation sites is 2. The number of amides is 1. The molecule has 0 aromatic heterocycles. The lowest BCUT2D eigenvalue weighted by Gasteiger charge is -2.29. The molecule has 3 nitrogen and oxygen atoms in total. The van der Waals surface area contributed by atoms with E-state index in [-0.39, 0.29) is 12.5 Å². The van der Waals surface area contributed by atoms with Crippen LogP contribution in [0, 0.1) is 0 Å². The summed E-state index contributed by atoms with van der Waals surface area (Å²) in [5.74, 6) is 0.871. The number of benzene rings is 1. The van der Waals surface area contributed by atoms with Crippen molar-refractivity contribution in [3.63, 3.8) is 0 Å². The summed E-state index contributed by atoms with van der Waals surface area (Å²) >= 11 is 0. The van der Waals surface area contributed by atoms with Crippen LogP contribution in [0.15, 0.2) is 24.3 Å². The number of hydrogen-bond donors (Lipinski definition) is 0. The van der Waals surface area contributed by atoms with E-state index in [0.29, 0.717) is 0 Å². The fourth-order valence-electron chi connectivity index (χ4n) is 1.72. The highest BCUT2D eigenvalue weighted by Gasteiger charge is 2.23. The minimum absolute atomic E-state index is 0.0575. The Morgan fingerprint density at radius 2 is 2.00 bits per heavy atom. The number of anilines is 1. The second-order valence-corrected chi connectivity index (χ2v) is 3.66. The maximum atomic E-state index is 11.7. The normalized spacial score (nSPS) is 13.4. The fourth-order valence-corrected chi connectivity index (χ4v) is 1.72. The summed E-state index contributed by atoms with van der Waals surface area (Å²) in [6, 6.07) is 7.69. The van der Waals surface area contributed by atoms with Crippen LogP contribution >= 0.6 is 0 Å². The molecule has 0 saturated heterocycles. The third kappa shape index (κ3) is 3.22. The van der Waals surface area contributed by atoms with Gasteiger partial charge in [-0.2, -0.15) is 0 Å². The molecule has 2 rings (SSSR count). The molecule has 17 heavy (non-hydrogen) atoms. The lowest BCUT2D eigenvalue weighted by molar-refractivity contribution is -0.121. The van der Waals surface area contributed by atoms with Crippen molar-refractivity contribution in [1.29, 1.82) is 0 Å². The van der Waals surface area contributed by atoms with Gasteiger partial charge in [0.2, 0.25) is 0 Å². The van der Waals surface area contributed by atoms with Gasteiger partial charge in [0.15, 0.2) is 6.61 Å². The van der Waals surface area contributed by atoms with Gasteiger partial charge in [0, 0.05) is 6.54 Å². The topological polar surface area (TPSA) is 29.5 Å². The van der Waals surface area contributed by atoms with E-state index >= 15 is 0 Å². The zero-order chi connectivity index (χ0) is 12.7. The highest BCUT2D eigenvalue weighted by atomic mass is 16.5. The minimum Gasteiger partial charge on any atom is -0.482 e. The first-order valence-electron chi connectivity index (χ1n) is 6.35. The second-order valence-electron chi connectivity index (χ2n) is 3.66. The van der Waals surface area contributed by atoms with E-state index in [1.807, 2.05) is 43.0 Å². The Morgan fingerprint density at radius 3 is 2.71 bits per heavy atom. The molecule has 1 aliphatic heterocycles. The molecular formula is C14H21NO2. The number of unbranched alkanes of at least 4 members (excludes halogenated alkanes) is 1. The number of carbonyl (C=O) groups is 1. The summed E-state index contributed by atoms with van der Waals surface area (Å²) in [6.45, 7) is 7.08. The summed E-state index contributed by atoms with van der Waals surface area (Å²) in [7, 11) is 0. The molecular weight excluding hydrogens is 214 g/mol. The van der Waals surface area contributed by atoms with Gasteiger partial charge in [0.05, 0.1) is 5.69 Å². The van der Waals surface area contributed by atoms with Crippen molar-refractivity contribution in [2.24, 2.45) is 0 Å². The summed E-state index contributed by atoms with van der Waals surface area (Å²) < 4.78 is 5.35. The fraction of sp³-hybridized carbons (Fsp3) is 0.500. The molecule has 0 bridgehead atoms. The van der Waals surface area contributed by atoms with Gasteiger partial charge in [-0.3, -0.25) is 4.79 Å². The Balaban J connectivity index is 0.000000686. The van der Waals surface area contributed by atoms with Crippen molar-refractivity contribution in [2.75, 3.05) is 18.1 Å². The largest absolute Gasteiger partial charge is 0.482 e. The van der Waals surface area contributed by atoms with Gasteiger partial charge < -0.3 is 9.64 Å². The van der Waals surface area contributed by atoms with Crippen LogP contribution in [0.3, 0.4) is 0 Å². The minimum atomic E-state index is 0.0575. The Hall–Kier alpha value is -1.51. The van der Waals surface area contributed by atoms with E-state index in [4.69, 9.17) is 4.74 Å². The Labute approximate surface area is 103 Å². The molecule has 0 atom stereocenters. The number of rotatable bonds is 3. The first-order chi connectivity index (χ1) is 8.33. The molecule has 0 N–H and O–H groups in total. The van der Waals surface area contributed by atoms with Crippen LogP contribution in [-0.2, 0) is 4.79 Å². The summed E-state index contributed by atoms with van der Waals surface area (Å²) in [4.78, 5) is 13.5. The number of ether oxygens (including phenoxy) is 1. The number of fused-ring (bicyclic) bond motifs is 1. The van der Waals surface area contributed by atoms with Gasteiger partial charge in [0.1, 0.15) is 5.75 Å². The molecule has 1 amide bonds. The maximum absolute atomic E-state index is 11.7. The molecule has 0 fully saturated rings. The van der Waals surface area contributed by atoms with Crippen LogP contribution in [-0.4, -0.2) is 19.1 Å². The molecule has 1 aromatic rings. The molecule has 3 heteroatoms. The smallest absolute Gasteiger partial charge is 0.265 e. The lowest BCUT2D eigenvalue weighted by Crippen LogP contribution is -2.39. The zero-order valence-corrected chi connectivity index (χ0v) is 10.9. The van der Waals surface area contributed by atoms with E-state index < -0.39 is 0 Å². The van der Waals surface area contributed by atoms with E-state index in [0.717, 1.165) is 30.8 Å². The third-order valence-corrected chi connectivity index (χ3v) is 2.54. The highest BCUT2D eigenvalue weighted by Crippen LogP contribution is 2.31. The number of carbonyl (C=O) groups excluding carboxylic acids is 1. The second kappa shape index (κ2) is 6.94. The average Bonchev–Trinajstić information content (AvgIpc) is 2.40.